The van der Waals surface area contributed by atoms with E-state index in [2.05, 4.69) is 30.5 Å². The van der Waals surface area contributed by atoms with Gasteiger partial charge in [-0.25, -0.2) is 9.97 Å². The molecular weight excluding hydrogens is 367 g/mol. The van der Waals surface area contributed by atoms with E-state index in [1.807, 2.05) is 14.1 Å². The molecule has 142 valence electrons. The topological polar surface area (TPSA) is 118 Å². The Morgan fingerprint density at radius 2 is 2.00 bits per heavy atom. The number of aryl methyl sites for hydroxylation is 1. The number of amides is 1. The summed E-state index contributed by atoms with van der Waals surface area (Å²) in [7, 11) is 3.65. The zero-order chi connectivity index (χ0) is 19.8. The molecule has 0 bridgehead atoms. The molecule has 0 saturated carbocycles. The zero-order valence-electron chi connectivity index (χ0n) is 14.4. The predicted octanol–water partition coefficient (Wildman–Crippen LogP) is 1.43. The van der Waals surface area contributed by atoms with Gasteiger partial charge < -0.3 is 10.2 Å². The van der Waals surface area contributed by atoms with Crippen LogP contribution >= 0.6 is 0 Å². The van der Waals surface area contributed by atoms with Crippen molar-refractivity contribution in [3.8, 4) is 5.95 Å². The van der Waals surface area contributed by atoms with Crippen LogP contribution in [-0.4, -0.2) is 54.9 Å². The molecule has 0 unspecified atom stereocenters. The number of aromatic nitrogens is 7. The van der Waals surface area contributed by atoms with Crippen molar-refractivity contribution >= 4 is 17.4 Å². The van der Waals surface area contributed by atoms with Gasteiger partial charge in [0.1, 0.15) is 11.6 Å². The van der Waals surface area contributed by atoms with Crippen molar-refractivity contribution in [2.75, 3.05) is 24.3 Å². The van der Waals surface area contributed by atoms with E-state index in [4.69, 9.17) is 0 Å². The smallest absolute Gasteiger partial charge is 0.363 e. The van der Waals surface area contributed by atoms with Gasteiger partial charge in [-0.1, -0.05) is 0 Å². The number of halogens is 3. The summed E-state index contributed by atoms with van der Waals surface area (Å²) < 4.78 is 38.8. The highest BCUT2D eigenvalue weighted by Gasteiger charge is 2.35. The maximum absolute atomic E-state index is 12.6. The first-order valence-electron chi connectivity index (χ1n) is 7.53. The zero-order valence-corrected chi connectivity index (χ0v) is 14.4. The van der Waals surface area contributed by atoms with Crippen molar-refractivity contribution in [3.05, 3.63) is 35.8 Å². The molecule has 0 aliphatic heterocycles. The fourth-order valence-corrected chi connectivity index (χ4v) is 2.06. The standard InChI is InChI=1S/C14H14F3N9O/c1-7-19-10(11(27)20-8-4-5-9(18-6-8)25(2)3)24-26(7)13-21-12(22-23-13)14(15,16)17/h4-6H,1-3H3,(H,20,27)(H,21,22,23). The van der Waals surface area contributed by atoms with E-state index in [0.717, 1.165) is 4.68 Å². The number of aromatic amines is 1. The fraction of sp³-hybridized carbons (Fsp3) is 0.286. The van der Waals surface area contributed by atoms with Crippen LogP contribution in [-0.2, 0) is 6.18 Å². The predicted molar refractivity (Wildman–Crippen MR) is 87.6 cm³/mol. The molecule has 27 heavy (non-hydrogen) atoms. The molecule has 0 aliphatic carbocycles. The summed E-state index contributed by atoms with van der Waals surface area (Å²) in [4.78, 5) is 25.5. The van der Waals surface area contributed by atoms with Gasteiger partial charge in [-0.2, -0.15) is 22.8 Å². The third-order valence-electron chi connectivity index (χ3n) is 3.37. The van der Waals surface area contributed by atoms with Crippen LogP contribution in [0.3, 0.4) is 0 Å². The number of hydrogen-bond donors (Lipinski definition) is 2. The summed E-state index contributed by atoms with van der Waals surface area (Å²) in [6.45, 7) is 1.46. The minimum atomic E-state index is -4.67. The molecule has 0 spiro atoms. The van der Waals surface area contributed by atoms with E-state index < -0.39 is 17.9 Å². The van der Waals surface area contributed by atoms with Crippen LogP contribution in [0.4, 0.5) is 24.7 Å². The van der Waals surface area contributed by atoms with Gasteiger partial charge in [0.15, 0.2) is 0 Å². The summed E-state index contributed by atoms with van der Waals surface area (Å²) in [6, 6.07) is 3.36. The normalized spacial score (nSPS) is 11.5. The first kappa shape index (κ1) is 18.3. The van der Waals surface area contributed by atoms with Gasteiger partial charge in [-0.15, -0.1) is 10.2 Å². The van der Waals surface area contributed by atoms with E-state index in [1.165, 1.54) is 13.1 Å². The van der Waals surface area contributed by atoms with Crippen LogP contribution < -0.4 is 10.2 Å². The lowest BCUT2D eigenvalue weighted by Gasteiger charge is -2.11. The summed E-state index contributed by atoms with van der Waals surface area (Å²) in [5, 5.41) is 11.7. The Labute approximate surface area is 150 Å². The highest BCUT2D eigenvalue weighted by molar-refractivity contribution is 6.01. The third kappa shape index (κ3) is 3.86. The Kier molecular flexibility index (Phi) is 4.51. The summed E-state index contributed by atoms with van der Waals surface area (Å²) in [5.74, 6) is -1.69. The summed E-state index contributed by atoms with van der Waals surface area (Å²) in [6.07, 6.45) is -3.21. The molecule has 3 aromatic rings. The Bertz CT molecular complexity index is 959. The molecule has 10 nitrogen and oxygen atoms in total. The number of H-pyrrole nitrogens is 1. The van der Waals surface area contributed by atoms with Crippen molar-refractivity contribution in [1.82, 2.24) is 34.9 Å². The molecule has 2 N–H and O–H groups in total. The molecule has 13 heteroatoms. The van der Waals surface area contributed by atoms with Crippen molar-refractivity contribution in [3.63, 3.8) is 0 Å². The molecule has 0 radical (unpaired) electrons. The number of alkyl halides is 3. The van der Waals surface area contributed by atoms with Crippen LogP contribution in [0.5, 0.6) is 0 Å². The van der Waals surface area contributed by atoms with E-state index in [-0.39, 0.29) is 17.6 Å². The lowest BCUT2D eigenvalue weighted by Crippen LogP contribution is -2.15. The minimum absolute atomic E-state index is 0.147. The van der Waals surface area contributed by atoms with Crippen LogP contribution in [0.2, 0.25) is 0 Å². The van der Waals surface area contributed by atoms with Crippen molar-refractivity contribution in [2.45, 2.75) is 13.1 Å². The van der Waals surface area contributed by atoms with Gasteiger partial charge in [0.2, 0.25) is 11.6 Å². The number of anilines is 2. The number of carbonyl (C=O) groups excluding carboxylic acids is 1. The monoisotopic (exact) mass is 381 g/mol. The Morgan fingerprint density at radius 3 is 2.56 bits per heavy atom. The van der Waals surface area contributed by atoms with Crippen LogP contribution in [0.25, 0.3) is 5.95 Å². The first-order valence-corrected chi connectivity index (χ1v) is 7.53. The van der Waals surface area contributed by atoms with E-state index in [0.29, 0.717) is 11.5 Å². The molecular formula is C14H14F3N9O. The Hall–Kier alpha value is -3.51. The van der Waals surface area contributed by atoms with E-state index in [1.54, 1.807) is 22.1 Å². The van der Waals surface area contributed by atoms with Gasteiger partial charge in [0, 0.05) is 14.1 Å². The van der Waals surface area contributed by atoms with Crippen LogP contribution in [0.1, 0.15) is 22.3 Å². The van der Waals surface area contributed by atoms with Gasteiger partial charge in [-0.3, -0.25) is 9.89 Å². The van der Waals surface area contributed by atoms with Gasteiger partial charge >= 0.3 is 6.18 Å². The highest BCUT2D eigenvalue weighted by atomic mass is 19.4. The molecule has 3 aromatic heterocycles. The number of pyridine rings is 1. The minimum Gasteiger partial charge on any atom is -0.363 e. The first-order chi connectivity index (χ1) is 12.6. The van der Waals surface area contributed by atoms with Gasteiger partial charge in [0.05, 0.1) is 11.9 Å². The lowest BCUT2D eigenvalue weighted by molar-refractivity contribution is -0.144. The highest BCUT2D eigenvalue weighted by Crippen LogP contribution is 2.26. The molecule has 0 aromatic carbocycles. The Balaban J connectivity index is 1.79. The maximum Gasteiger partial charge on any atom is 0.451 e. The number of rotatable bonds is 4. The average molecular weight is 381 g/mol. The number of hydrogen-bond acceptors (Lipinski definition) is 7. The quantitative estimate of drug-likeness (QED) is 0.702. The molecule has 0 aliphatic rings. The molecule has 0 fully saturated rings. The van der Waals surface area contributed by atoms with E-state index >= 15 is 0 Å². The second kappa shape index (κ2) is 6.66. The van der Waals surface area contributed by atoms with Gasteiger partial charge in [-0.05, 0) is 19.1 Å². The van der Waals surface area contributed by atoms with Crippen molar-refractivity contribution < 1.29 is 18.0 Å². The Morgan fingerprint density at radius 1 is 1.26 bits per heavy atom. The number of nitrogens with zero attached hydrogens (tertiary/aromatic N) is 7. The van der Waals surface area contributed by atoms with Crippen molar-refractivity contribution in [2.24, 2.45) is 0 Å². The van der Waals surface area contributed by atoms with Crippen molar-refractivity contribution in [1.29, 1.82) is 0 Å². The lowest BCUT2D eigenvalue weighted by atomic mass is 10.4. The molecule has 3 rings (SSSR count). The van der Waals surface area contributed by atoms with Gasteiger partial charge in [0.25, 0.3) is 11.9 Å². The molecule has 0 saturated heterocycles. The maximum atomic E-state index is 12.6. The third-order valence-corrected chi connectivity index (χ3v) is 3.37. The SMILES string of the molecule is Cc1nc(C(=O)Nc2ccc(N(C)C)nc2)nn1-c1n[nH]c(C(F)(F)F)n1. The van der Waals surface area contributed by atoms with Crippen LogP contribution in [0.15, 0.2) is 18.3 Å². The molecule has 0 atom stereocenters. The fourth-order valence-electron chi connectivity index (χ4n) is 2.06. The van der Waals surface area contributed by atoms with E-state index in [9.17, 15) is 18.0 Å². The largest absolute Gasteiger partial charge is 0.451 e. The number of nitrogens with one attached hydrogen (secondary N) is 2. The number of carbonyl (C=O) groups is 1. The second-order valence-corrected chi connectivity index (χ2v) is 5.63. The molecule has 3 heterocycles. The molecule has 1 amide bonds. The summed E-state index contributed by atoms with van der Waals surface area (Å²) in [5.41, 5.74) is 0.414. The average Bonchev–Trinajstić information content (AvgIpc) is 3.21. The second-order valence-electron chi connectivity index (χ2n) is 5.63. The van der Waals surface area contributed by atoms with Crippen LogP contribution in [0, 0.1) is 6.92 Å². The summed E-state index contributed by atoms with van der Waals surface area (Å²) >= 11 is 0.